The van der Waals surface area contributed by atoms with Crippen LogP contribution in [-0.4, -0.2) is 85.6 Å². The van der Waals surface area contributed by atoms with Gasteiger partial charge in [0.2, 0.25) is 5.88 Å². The number of nitrogens with zero attached hydrogens (tertiary/aromatic N) is 3. The van der Waals surface area contributed by atoms with Crippen molar-refractivity contribution in [2.75, 3.05) is 46.9 Å². The minimum Gasteiger partial charge on any atom is -0.472 e. The van der Waals surface area contributed by atoms with Crippen molar-refractivity contribution in [2.24, 2.45) is 5.16 Å². The van der Waals surface area contributed by atoms with E-state index in [1.807, 2.05) is 0 Å². The summed E-state index contributed by atoms with van der Waals surface area (Å²) in [7, 11) is 2.90. The topological polar surface area (TPSA) is 126 Å². The van der Waals surface area contributed by atoms with Gasteiger partial charge in [0.25, 0.3) is 5.91 Å². The van der Waals surface area contributed by atoms with Crippen LogP contribution in [0.4, 0.5) is 0 Å². The monoisotopic (exact) mass is 935 g/mol. The molecule has 1 aromatic carbocycles. The fraction of sp³-hybridized carbons (Fsp3) is 0.320. The summed E-state index contributed by atoms with van der Waals surface area (Å²) in [6.45, 7) is 4.61. The van der Waals surface area contributed by atoms with Crippen LogP contribution in [0.15, 0.2) is 47.3 Å². The second-order valence-corrected chi connectivity index (χ2v) is 13.1. The molecule has 0 unspecified atom stereocenters. The Kier molecular flexibility index (Phi) is 33.1. The summed E-state index contributed by atoms with van der Waals surface area (Å²) in [5.41, 5.74) is 1.48. The summed E-state index contributed by atoms with van der Waals surface area (Å²) < 4.78 is 8.66. The molecule has 0 aliphatic heterocycles. The SMILES string of the molecule is CNC(=O)C(=N/OC)/C(C)=C/COc1ccn(-c2ccc(Cl)cc2Cl)n1.S=C([S-])NCCNC(=S)[S-].S=C([S-])NCCNC(=S)[S-].[Mn+2].[Zn+2]. The molecule has 2 aromatic rings. The molecule has 48 heavy (non-hydrogen) atoms. The number of hydrogen-bond acceptors (Lipinski definition) is 13. The Hall–Kier alpha value is -0.927. The Morgan fingerprint density at radius 2 is 1.42 bits per heavy atom. The fourth-order valence-corrected chi connectivity index (χ4v) is 4.01. The third kappa shape index (κ3) is 26.0. The van der Waals surface area contributed by atoms with Gasteiger partial charge >= 0.3 is 36.5 Å². The van der Waals surface area contributed by atoms with E-state index in [1.54, 1.807) is 48.1 Å². The second-order valence-electron chi connectivity index (χ2n) is 7.95. The standard InChI is InChI=1S/C17H18Cl2N4O3.2C4H8N2S4.Mn.Zn/c1-11(16(22-25-3)17(24)20-2)7-9-26-15-6-8-23(21-15)14-5-4-12(18)10-13(14)19;2*7-3(8)5-1-2-6-4(9)10;;/h4-8,10H,9H2,1-3H3,(H,20,24);2*1-2H2,(H2,5,7,8)(H2,6,9,10);;/q;;;2*+2/p-4/b11-7+,22-16+;;;;. The van der Waals surface area contributed by atoms with Gasteiger partial charge in [-0.2, -0.15) is 0 Å². The van der Waals surface area contributed by atoms with Gasteiger partial charge in [-0.05, 0) is 36.8 Å². The Balaban J connectivity index is -0.000000765. The zero-order chi connectivity index (χ0) is 35.1. The van der Waals surface area contributed by atoms with Gasteiger partial charge < -0.3 is 136 Å². The fourth-order valence-electron chi connectivity index (χ4n) is 2.69. The molecular weight excluding hydrogens is 908 g/mol. The van der Waals surface area contributed by atoms with Gasteiger partial charge in [0.15, 0.2) is 5.71 Å². The molecule has 11 nitrogen and oxygen atoms in total. The molecule has 259 valence electrons. The van der Waals surface area contributed by atoms with Gasteiger partial charge in [0, 0.05) is 50.5 Å². The predicted molar refractivity (Wildman–Crippen MR) is 213 cm³/mol. The van der Waals surface area contributed by atoms with Crippen LogP contribution in [0.25, 0.3) is 5.69 Å². The number of ether oxygens (including phenoxy) is 1. The summed E-state index contributed by atoms with van der Waals surface area (Å²) in [6.07, 6.45) is 3.44. The van der Waals surface area contributed by atoms with Crippen LogP contribution in [0.1, 0.15) is 6.92 Å². The molecule has 23 heteroatoms. The molecule has 0 spiro atoms. The quantitative estimate of drug-likeness (QED) is 0.0505. The van der Waals surface area contributed by atoms with E-state index in [2.05, 4.69) is 136 Å². The molecule has 1 radical (unpaired) electrons. The van der Waals surface area contributed by atoms with Crippen molar-refractivity contribution in [3.8, 4) is 11.6 Å². The summed E-state index contributed by atoms with van der Waals surface area (Å²) >= 11 is 48.8. The number of amides is 1. The van der Waals surface area contributed by atoms with Crippen molar-refractivity contribution in [1.29, 1.82) is 0 Å². The number of carbonyl (C=O) groups excluding carboxylic acids is 1. The van der Waals surface area contributed by atoms with Gasteiger partial charge in [0.05, 0.1) is 10.7 Å². The van der Waals surface area contributed by atoms with Crippen molar-refractivity contribution >= 4 is 151 Å². The maximum absolute atomic E-state index is 11.8. The molecule has 0 saturated heterocycles. The van der Waals surface area contributed by atoms with Crippen molar-refractivity contribution < 1.29 is 50.9 Å². The maximum Gasteiger partial charge on any atom is 2.00 e. The third-order valence-corrected chi connectivity index (χ3v) is 6.36. The van der Waals surface area contributed by atoms with Crippen LogP contribution in [0, 0.1) is 0 Å². The molecule has 0 fully saturated rings. The molecule has 0 aliphatic rings. The first kappa shape index (κ1) is 51.4. The van der Waals surface area contributed by atoms with Crippen LogP contribution in [0.5, 0.6) is 5.88 Å². The number of aromatic nitrogens is 2. The van der Waals surface area contributed by atoms with Crippen LogP contribution in [-0.2, 0) is 96.7 Å². The Labute approximate surface area is 357 Å². The molecule has 0 saturated carbocycles. The first-order chi connectivity index (χ1) is 21.7. The normalized spacial score (nSPS) is 10.0. The van der Waals surface area contributed by atoms with Crippen molar-refractivity contribution in [3.63, 3.8) is 0 Å². The minimum atomic E-state index is -0.345. The molecule has 0 bridgehead atoms. The molecule has 0 atom stereocenters. The van der Waals surface area contributed by atoms with Crippen molar-refractivity contribution in [3.05, 3.63) is 52.2 Å². The predicted octanol–water partition coefficient (Wildman–Crippen LogP) is 2.91. The number of benzene rings is 1. The number of rotatable bonds is 13. The van der Waals surface area contributed by atoms with Gasteiger partial charge in [0.1, 0.15) is 13.7 Å². The summed E-state index contributed by atoms with van der Waals surface area (Å²) in [5.74, 6) is 0.0625. The molecule has 1 aromatic heterocycles. The Morgan fingerprint density at radius 3 is 1.81 bits per heavy atom. The van der Waals surface area contributed by atoms with E-state index in [9.17, 15) is 4.79 Å². The zero-order valence-electron chi connectivity index (χ0n) is 25.7. The summed E-state index contributed by atoms with van der Waals surface area (Å²) in [4.78, 5) is 16.4. The summed E-state index contributed by atoms with van der Waals surface area (Å²) in [5, 5.41) is 22.7. The number of thiocarbonyl (C=S) groups is 4. The molecule has 1 heterocycles. The van der Waals surface area contributed by atoms with Gasteiger partial charge in [-0.1, -0.05) is 45.6 Å². The smallest absolute Gasteiger partial charge is 0.472 e. The number of carbonyl (C=O) groups is 1. The number of halogens is 2. The van der Waals surface area contributed by atoms with Crippen LogP contribution in [0.2, 0.25) is 10.0 Å². The van der Waals surface area contributed by atoms with Crippen molar-refractivity contribution in [1.82, 2.24) is 36.4 Å². The molecule has 1 amide bonds. The number of hydrogen-bond donors (Lipinski definition) is 5. The zero-order valence-corrected chi connectivity index (χ0v) is 37.9. The minimum absolute atomic E-state index is 0. The van der Waals surface area contributed by atoms with E-state index in [-0.39, 0.29) is 54.8 Å². The summed E-state index contributed by atoms with van der Waals surface area (Å²) in [6, 6.07) is 6.84. The molecule has 0 aliphatic carbocycles. The van der Waals surface area contributed by atoms with Crippen molar-refractivity contribution in [2.45, 2.75) is 6.92 Å². The van der Waals surface area contributed by atoms with E-state index in [4.69, 9.17) is 32.8 Å². The van der Waals surface area contributed by atoms with Crippen LogP contribution >= 0.6 is 72.1 Å². The number of nitrogens with one attached hydrogen (secondary N) is 5. The first-order valence-corrected chi connectivity index (χ1v) is 16.7. The van der Waals surface area contributed by atoms with E-state index in [1.165, 1.54) is 14.2 Å². The average molecular weight is 938 g/mol. The average Bonchev–Trinajstić information content (AvgIpc) is 3.44. The second kappa shape index (κ2) is 30.9. The van der Waals surface area contributed by atoms with Gasteiger partial charge in [-0.3, -0.25) is 4.79 Å². The van der Waals surface area contributed by atoms with Gasteiger partial charge in [-0.25, -0.2) is 4.68 Å². The van der Waals surface area contributed by atoms with E-state index >= 15 is 0 Å². The van der Waals surface area contributed by atoms with E-state index in [0.717, 1.165) is 0 Å². The van der Waals surface area contributed by atoms with E-state index in [0.29, 0.717) is 70.6 Å². The maximum atomic E-state index is 11.8. The van der Waals surface area contributed by atoms with E-state index < -0.39 is 0 Å². The molecule has 5 N–H and O–H groups in total. The first-order valence-electron chi connectivity index (χ1n) is 12.6. The Bertz CT molecular complexity index is 1330. The molecular formula is C25H30Cl2MnN8O3S8Zn. The molecule has 2 rings (SSSR count). The van der Waals surface area contributed by atoms with Crippen LogP contribution < -0.4 is 31.3 Å². The largest absolute Gasteiger partial charge is 2.00 e. The Morgan fingerprint density at radius 1 is 0.938 bits per heavy atom. The third-order valence-electron chi connectivity index (χ3n) is 4.67. The van der Waals surface area contributed by atoms with Gasteiger partial charge in [-0.15, -0.1) is 5.10 Å². The number of oxime groups is 1. The van der Waals surface area contributed by atoms with Crippen LogP contribution in [0.3, 0.4) is 0 Å².